The molecular formula is C31H39Cl3N4O. The van der Waals surface area contributed by atoms with Gasteiger partial charge in [0.15, 0.2) is 0 Å². The second-order valence-electron chi connectivity index (χ2n) is 9.99. The van der Waals surface area contributed by atoms with Gasteiger partial charge < -0.3 is 15.4 Å². The summed E-state index contributed by atoms with van der Waals surface area (Å²) in [6.45, 7) is 9.86. The molecule has 0 bridgehead atoms. The summed E-state index contributed by atoms with van der Waals surface area (Å²) in [4.78, 5) is 10.8. The van der Waals surface area contributed by atoms with Crippen molar-refractivity contribution in [1.82, 2.24) is 20.2 Å². The Kier molecular flexibility index (Phi) is 12.5. The average molecular weight is 590 g/mol. The lowest BCUT2D eigenvalue weighted by Crippen LogP contribution is -2.52. The number of nitrogens with zero attached hydrogens (tertiary/aromatic N) is 2. The lowest BCUT2D eigenvalue weighted by Gasteiger charge is -2.42. The van der Waals surface area contributed by atoms with Gasteiger partial charge in [-0.1, -0.05) is 90.0 Å². The van der Waals surface area contributed by atoms with Crippen LogP contribution in [0, 0.1) is 20.8 Å². The van der Waals surface area contributed by atoms with Crippen molar-refractivity contribution in [3.8, 4) is 11.4 Å². The number of nitrogens with one attached hydrogen (secondary N) is 2. The molecule has 0 amide bonds. The van der Waals surface area contributed by atoms with Gasteiger partial charge in [0.25, 0.3) is 0 Å². The van der Waals surface area contributed by atoms with E-state index in [1.807, 2.05) is 37.3 Å². The Morgan fingerprint density at radius 2 is 1.33 bits per heavy atom. The number of rotatable bonds is 7. The molecular weight excluding hydrogens is 551 g/mol. The first-order valence-corrected chi connectivity index (χ1v) is 12.9. The largest absolute Gasteiger partial charge is 0.385 e. The number of aliphatic hydroxyl groups excluding tert-OH is 1. The summed E-state index contributed by atoms with van der Waals surface area (Å²) in [6.07, 6.45) is -0.761. The van der Waals surface area contributed by atoms with Crippen LogP contribution in [-0.4, -0.2) is 52.2 Å². The molecule has 0 saturated carbocycles. The Balaban J connectivity index is 0.00000178. The maximum Gasteiger partial charge on any atom is 0.137 e. The molecule has 0 aliphatic carbocycles. The molecule has 2 atom stereocenters. The second kappa shape index (κ2) is 14.8. The SMILES string of the molecule is Cc1cccc(C(c2cccc(C)c2)C(C(O)c2nc(-c3ccccc3)[nH]c2C)N2CCNCC2)c1.Cl.Cl.Cl. The number of aliphatic hydroxyl groups is 1. The molecule has 1 fully saturated rings. The third-order valence-electron chi connectivity index (χ3n) is 7.29. The quantitative estimate of drug-likeness (QED) is 0.233. The first kappa shape index (κ1) is 32.8. The van der Waals surface area contributed by atoms with Gasteiger partial charge in [-0.05, 0) is 31.9 Å². The number of aryl methyl sites for hydroxylation is 3. The Hall–Kier alpha value is -2.38. The third-order valence-corrected chi connectivity index (χ3v) is 7.29. The summed E-state index contributed by atoms with van der Waals surface area (Å²) in [5.74, 6) is 0.790. The fourth-order valence-electron chi connectivity index (χ4n) is 5.54. The van der Waals surface area contributed by atoms with E-state index in [4.69, 9.17) is 4.98 Å². The van der Waals surface area contributed by atoms with Crippen molar-refractivity contribution < 1.29 is 5.11 Å². The van der Waals surface area contributed by atoms with Gasteiger partial charge in [-0.2, -0.15) is 0 Å². The molecule has 0 radical (unpaired) electrons. The number of hydrogen-bond donors (Lipinski definition) is 3. The van der Waals surface area contributed by atoms with Crippen molar-refractivity contribution in [2.45, 2.75) is 38.8 Å². The van der Waals surface area contributed by atoms with E-state index in [0.29, 0.717) is 0 Å². The highest BCUT2D eigenvalue weighted by Gasteiger charge is 2.38. The van der Waals surface area contributed by atoms with Crippen LogP contribution in [0.4, 0.5) is 0 Å². The number of hydrogen-bond acceptors (Lipinski definition) is 4. The Morgan fingerprint density at radius 1 is 0.769 bits per heavy atom. The number of H-pyrrole nitrogens is 1. The van der Waals surface area contributed by atoms with Gasteiger partial charge in [-0.15, -0.1) is 37.2 Å². The monoisotopic (exact) mass is 588 g/mol. The highest BCUT2D eigenvalue weighted by molar-refractivity contribution is 5.86. The van der Waals surface area contributed by atoms with Crippen LogP contribution in [0.2, 0.25) is 0 Å². The van der Waals surface area contributed by atoms with Crippen LogP contribution >= 0.6 is 37.2 Å². The molecule has 210 valence electrons. The van der Waals surface area contributed by atoms with Crippen molar-refractivity contribution in [2.24, 2.45) is 0 Å². The number of imidazole rings is 1. The van der Waals surface area contributed by atoms with Crippen LogP contribution in [-0.2, 0) is 0 Å². The first-order valence-electron chi connectivity index (χ1n) is 12.9. The van der Waals surface area contributed by atoms with Gasteiger partial charge in [0.05, 0.1) is 11.7 Å². The van der Waals surface area contributed by atoms with E-state index in [0.717, 1.165) is 49.0 Å². The normalized spacial score (nSPS) is 15.0. The van der Waals surface area contributed by atoms with Crippen molar-refractivity contribution in [3.63, 3.8) is 0 Å². The predicted molar refractivity (Wildman–Crippen MR) is 168 cm³/mol. The third kappa shape index (κ3) is 7.43. The van der Waals surface area contributed by atoms with Crippen LogP contribution < -0.4 is 5.32 Å². The Morgan fingerprint density at radius 3 is 1.87 bits per heavy atom. The molecule has 1 aliphatic heterocycles. The maximum atomic E-state index is 12.2. The molecule has 2 unspecified atom stereocenters. The van der Waals surface area contributed by atoms with E-state index >= 15 is 0 Å². The predicted octanol–water partition coefficient (Wildman–Crippen LogP) is 6.41. The first-order chi connectivity index (χ1) is 17.5. The number of aromatic nitrogens is 2. The molecule has 8 heteroatoms. The van der Waals surface area contributed by atoms with Gasteiger partial charge in [-0.25, -0.2) is 4.98 Å². The maximum absolute atomic E-state index is 12.2. The summed E-state index contributed by atoms with van der Waals surface area (Å²) >= 11 is 0. The summed E-state index contributed by atoms with van der Waals surface area (Å²) in [6, 6.07) is 27.4. The van der Waals surface area contributed by atoms with Crippen molar-refractivity contribution >= 4 is 37.2 Å². The van der Waals surface area contributed by atoms with E-state index in [1.165, 1.54) is 22.3 Å². The molecule has 3 N–H and O–H groups in total. The topological polar surface area (TPSA) is 64.2 Å². The van der Waals surface area contributed by atoms with Gasteiger partial charge in [0, 0.05) is 43.4 Å². The number of aromatic amines is 1. The van der Waals surface area contributed by atoms with Gasteiger partial charge >= 0.3 is 0 Å². The fourth-order valence-corrected chi connectivity index (χ4v) is 5.54. The molecule has 5 nitrogen and oxygen atoms in total. The second-order valence-corrected chi connectivity index (χ2v) is 9.99. The van der Waals surface area contributed by atoms with Gasteiger partial charge in [0.2, 0.25) is 0 Å². The average Bonchev–Trinajstić information content (AvgIpc) is 3.29. The van der Waals surface area contributed by atoms with Crippen molar-refractivity contribution in [3.05, 3.63) is 113 Å². The van der Waals surface area contributed by atoms with Crippen LogP contribution in [0.25, 0.3) is 11.4 Å². The molecule has 1 saturated heterocycles. The van der Waals surface area contributed by atoms with E-state index in [2.05, 4.69) is 77.6 Å². The summed E-state index contributed by atoms with van der Waals surface area (Å²) < 4.78 is 0. The van der Waals surface area contributed by atoms with Crippen molar-refractivity contribution in [1.29, 1.82) is 0 Å². The minimum atomic E-state index is -0.761. The zero-order valence-corrected chi connectivity index (χ0v) is 25.1. The molecule has 0 spiro atoms. The lowest BCUT2D eigenvalue weighted by atomic mass is 9.79. The zero-order valence-electron chi connectivity index (χ0n) is 22.6. The van der Waals surface area contributed by atoms with E-state index in [1.54, 1.807) is 0 Å². The zero-order chi connectivity index (χ0) is 25.1. The molecule has 1 aromatic heterocycles. The molecule has 39 heavy (non-hydrogen) atoms. The number of halogens is 3. The molecule has 3 aromatic carbocycles. The smallest absolute Gasteiger partial charge is 0.137 e. The van der Waals surface area contributed by atoms with Crippen LogP contribution in [0.3, 0.4) is 0 Å². The standard InChI is InChI=1S/C31H36N4O.3ClH/c1-21-9-7-13-25(19-21)27(26-14-8-10-22(2)20-26)29(35-17-15-32-16-18-35)30(36)28-23(3)33-31(34-28)24-11-5-4-6-12-24;;;/h4-14,19-20,27,29-30,32,36H,15-18H2,1-3H3,(H,33,34);3*1H. The number of piperazine rings is 1. The number of benzene rings is 3. The van der Waals surface area contributed by atoms with Gasteiger partial charge in [-0.3, -0.25) is 4.90 Å². The molecule has 1 aliphatic rings. The highest BCUT2D eigenvalue weighted by Crippen LogP contribution is 2.39. The van der Waals surface area contributed by atoms with E-state index in [-0.39, 0.29) is 49.2 Å². The van der Waals surface area contributed by atoms with E-state index in [9.17, 15) is 5.11 Å². The fraction of sp³-hybridized carbons (Fsp3) is 0.323. The minimum absolute atomic E-state index is 0. The van der Waals surface area contributed by atoms with Gasteiger partial charge in [0.1, 0.15) is 11.9 Å². The van der Waals surface area contributed by atoms with Crippen LogP contribution in [0.5, 0.6) is 0 Å². The summed E-state index contributed by atoms with van der Waals surface area (Å²) in [7, 11) is 0. The molecule has 2 heterocycles. The van der Waals surface area contributed by atoms with Crippen LogP contribution in [0.1, 0.15) is 45.7 Å². The summed E-state index contributed by atoms with van der Waals surface area (Å²) in [5, 5.41) is 15.6. The van der Waals surface area contributed by atoms with E-state index < -0.39 is 6.10 Å². The van der Waals surface area contributed by atoms with Crippen molar-refractivity contribution in [2.75, 3.05) is 26.2 Å². The Bertz CT molecular complexity index is 1260. The minimum Gasteiger partial charge on any atom is -0.385 e. The molecule has 4 aromatic rings. The molecule has 5 rings (SSSR count). The van der Waals surface area contributed by atoms with Crippen LogP contribution in [0.15, 0.2) is 78.9 Å². The summed E-state index contributed by atoms with van der Waals surface area (Å²) in [5.41, 5.74) is 7.55. The lowest BCUT2D eigenvalue weighted by molar-refractivity contribution is 0.0295. The highest BCUT2D eigenvalue weighted by atomic mass is 35.5. The Labute approximate surface area is 250 Å².